The van der Waals surface area contributed by atoms with Crippen LogP contribution in [0.15, 0.2) is 18.2 Å². The number of halogens is 1. The summed E-state index contributed by atoms with van der Waals surface area (Å²) in [5.41, 5.74) is 7.59. The van der Waals surface area contributed by atoms with Crippen LogP contribution in [0.4, 0.5) is 11.8 Å². The van der Waals surface area contributed by atoms with Gasteiger partial charge in [0.1, 0.15) is 5.82 Å². The Balaban J connectivity index is 1.77. The Bertz CT molecular complexity index is 781. The second kappa shape index (κ2) is 6.57. The molecule has 0 unspecified atom stereocenters. The normalized spacial score (nSPS) is 19.8. The van der Waals surface area contributed by atoms with Gasteiger partial charge >= 0.3 is 0 Å². The van der Waals surface area contributed by atoms with E-state index < -0.39 is 0 Å². The number of ether oxygens (including phenoxy) is 3. The van der Waals surface area contributed by atoms with Crippen LogP contribution in [0, 0.1) is 6.92 Å². The van der Waals surface area contributed by atoms with E-state index in [0.29, 0.717) is 29.7 Å². The number of rotatable bonds is 2. The van der Waals surface area contributed by atoms with E-state index >= 15 is 0 Å². The molecule has 1 saturated heterocycles. The van der Waals surface area contributed by atoms with Gasteiger partial charge in [-0.25, -0.2) is 4.98 Å². The van der Waals surface area contributed by atoms with Crippen molar-refractivity contribution in [2.75, 3.05) is 37.2 Å². The van der Waals surface area contributed by atoms with Crippen molar-refractivity contribution >= 4 is 23.4 Å². The molecule has 1 atom stereocenters. The molecule has 3 heterocycles. The fourth-order valence-electron chi connectivity index (χ4n) is 3.22. The monoisotopic (exact) mass is 362 g/mol. The lowest BCUT2D eigenvalue weighted by Gasteiger charge is -2.31. The lowest BCUT2D eigenvalue weighted by Crippen LogP contribution is -2.32. The van der Waals surface area contributed by atoms with E-state index in [-0.39, 0.29) is 18.8 Å². The summed E-state index contributed by atoms with van der Waals surface area (Å²) in [7, 11) is 0. The molecule has 8 heteroatoms. The first kappa shape index (κ1) is 16.2. The smallest absolute Gasteiger partial charge is 0.231 e. The maximum absolute atomic E-state index is 6.53. The number of hydrogen-bond acceptors (Lipinski definition) is 7. The van der Waals surface area contributed by atoms with E-state index in [1.165, 1.54) is 0 Å². The van der Waals surface area contributed by atoms with Crippen molar-refractivity contribution in [1.82, 2.24) is 9.97 Å². The fourth-order valence-corrected chi connectivity index (χ4v) is 3.50. The van der Waals surface area contributed by atoms with Crippen LogP contribution in [0.1, 0.15) is 23.7 Å². The summed E-state index contributed by atoms with van der Waals surface area (Å²) in [5.74, 6) is 2.39. The molecular weight excluding hydrogens is 344 g/mol. The molecule has 0 radical (unpaired) electrons. The topological polar surface area (TPSA) is 82.7 Å². The van der Waals surface area contributed by atoms with Crippen LogP contribution in [0.5, 0.6) is 11.5 Å². The van der Waals surface area contributed by atoms with Crippen molar-refractivity contribution < 1.29 is 14.2 Å². The minimum Gasteiger partial charge on any atom is -0.454 e. The average Bonchev–Trinajstić information content (AvgIpc) is 2.87. The Morgan fingerprint density at radius 1 is 1.20 bits per heavy atom. The number of anilines is 2. The third kappa shape index (κ3) is 3.17. The second-order valence-corrected chi connectivity index (χ2v) is 6.50. The number of benzene rings is 1. The largest absolute Gasteiger partial charge is 0.454 e. The third-order valence-electron chi connectivity index (χ3n) is 4.34. The van der Waals surface area contributed by atoms with Crippen LogP contribution >= 0.6 is 11.6 Å². The van der Waals surface area contributed by atoms with Gasteiger partial charge < -0.3 is 24.8 Å². The van der Waals surface area contributed by atoms with Gasteiger partial charge in [-0.15, -0.1) is 0 Å². The zero-order valence-corrected chi connectivity index (χ0v) is 14.6. The number of fused-ring (bicyclic) bond motifs is 1. The van der Waals surface area contributed by atoms with E-state index in [1.54, 1.807) is 6.07 Å². The van der Waals surface area contributed by atoms with Gasteiger partial charge in [0.2, 0.25) is 12.7 Å². The third-order valence-corrected chi connectivity index (χ3v) is 4.67. The summed E-state index contributed by atoms with van der Waals surface area (Å²) in [6.45, 7) is 4.09. The number of nitrogen functional groups attached to an aromatic ring is 1. The molecule has 0 bridgehead atoms. The quantitative estimate of drug-likeness (QED) is 0.879. The second-order valence-electron chi connectivity index (χ2n) is 6.09. The lowest BCUT2D eigenvalue weighted by atomic mass is 10.0. The molecule has 2 N–H and O–H groups in total. The predicted octanol–water partition coefficient (Wildman–Crippen LogP) is 2.72. The van der Waals surface area contributed by atoms with E-state index in [4.69, 9.17) is 31.5 Å². The maximum atomic E-state index is 6.53. The van der Waals surface area contributed by atoms with Crippen LogP contribution in [0.25, 0.3) is 0 Å². The zero-order valence-electron chi connectivity index (χ0n) is 13.9. The summed E-state index contributed by atoms with van der Waals surface area (Å²) in [6, 6.07) is 5.55. The van der Waals surface area contributed by atoms with Crippen LogP contribution in [-0.4, -0.2) is 36.5 Å². The van der Waals surface area contributed by atoms with Gasteiger partial charge in [0, 0.05) is 36.0 Å². The van der Waals surface area contributed by atoms with E-state index in [2.05, 4.69) is 14.9 Å². The number of nitrogens with two attached hydrogens (primary N) is 1. The van der Waals surface area contributed by atoms with Crippen LogP contribution in [-0.2, 0) is 4.74 Å². The molecule has 7 nitrogen and oxygen atoms in total. The Morgan fingerprint density at radius 2 is 2.00 bits per heavy atom. The zero-order chi connectivity index (χ0) is 17.4. The molecule has 1 aromatic carbocycles. The highest BCUT2D eigenvalue weighted by atomic mass is 35.5. The van der Waals surface area contributed by atoms with Gasteiger partial charge in [-0.3, -0.25) is 0 Å². The maximum Gasteiger partial charge on any atom is 0.231 e. The molecule has 1 aromatic heterocycles. The van der Waals surface area contributed by atoms with Gasteiger partial charge in [0.05, 0.1) is 12.6 Å². The van der Waals surface area contributed by atoms with Crippen molar-refractivity contribution in [2.24, 2.45) is 0 Å². The molecule has 0 aliphatic carbocycles. The van der Waals surface area contributed by atoms with Crippen molar-refractivity contribution in [3.8, 4) is 11.5 Å². The Kier molecular flexibility index (Phi) is 4.27. The minimum atomic E-state index is -0.0989. The summed E-state index contributed by atoms with van der Waals surface area (Å²) < 4.78 is 16.7. The van der Waals surface area contributed by atoms with Crippen molar-refractivity contribution in [2.45, 2.75) is 19.4 Å². The first-order valence-electron chi connectivity index (χ1n) is 8.16. The summed E-state index contributed by atoms with van der Waals surface area (Å²) in [5, 5.41) is 0.614. The molecule has 0 amide bonds. The molecular formula is C17H19ClN4O3. The Labute approximate surface area is 150 Å². The standard InChI is InChI=1S/C17H19ClN4O3/c1-10-5-16(21-17(19)20-10)22-3-2-4-23-8-13(22)11-6-14-15(7-12(11)18)25-9-24-14/h5-7,13H,2-4,8-9H2,1H3,(H2,19,20,21)/t13-/m0/s1. The summed E-state index contributed by atoms with van der Waals surface area (Å²) in [6.07, 6.45) is 0.891. The predicted molar refractivity (Wildman–Crippen MR) is 94.3 cm³/mol. The highest BCUT2D eigenvalue weighted by Gasteiger charge is 2.29. The fraction of sp³-hybridized carbons (Fsp3) is 0.412. The van der Waals surface area contributed by atoms with E-state index in [0.717, 1.165) is 30.0 Å². The van der Waals surface area contributed by atoms with Crippen LogP contribution in [0.3, 0.4) is 0 Å². The first-order valence-corrected chi connectivity index (χ1v) is 8.54. The highest BCUT2D eigenvalue weighted by Crippen LogP contribution is 2.41. The highest BCUT2D eigenvalue weighted by molar-refractivity contribution is 6.31. The van der Waals surface area contributed by atoms with Crippen molar-refractivity contribution in [3.05, 3.63) is 34.5 Å². The SMILES string of the molecule is Cc1cc(N2CCCOC[C@H]2c2cc3c(cc2Cl)OCO3)nc(N)n1. The number of aryl methyl sites for hydroxylation is 1. The lowest BCUT2D eigenvalue weighted by molar-refractivity contribution is 0.134. The molecule has 25 heavy (non-hydrogen) atoms. The van der Waals surface area contributed by atoms with E-state index in [1.807, 2.05) is 19.1 Å². The molecule has 0 saturated carbocycles. The Morgan fingerprint density at radius 3 is 2.80 bits per heavy atom. The first-order chi connectivity index (χ1) is 12.1. The molecule has 2 aromatic rings. The molecule has 0 spiro atoms. The summed E-state index contributed by atoms with van der Waals surface area (Å²) in [4.78, 5) is 10.7. The van der Waals surface area contributed by atoms with Gasteiger partial charge in [0.25, 0.3) is 0 Å². The number of hydrogen-bond donors (Lipinski definition) is 1. The number of nitrogens with zero attached hydrogens (tertiary/aromatic N) is 3. The Hall–Kier alpha value is -2.25. The molecule has 2 aliphatic heterocycles. The van der Waals surface area contributed by atoms with Gasteiger partial charge in [-0.2, -0.15) is 4.98 Å². The van der Waals surface area contributed by atoms with Gasteiger partial charge in [-0.05, 0) is 25.0 Å². The van der Waals surface area contributed by atoms with Gasteiger partial charge in [-0.1, -0.05) is 11.6 Å². The van der Waals surface area contributed by atoms with Crippen molar-refractivity contribution in [3.63, 3.8) is 0 Å². The summed E-state index contributed by atoms with van der Waals surface area (Å²) >= 11 is 6.53. The van der Waals surface area contributed by atoms with Crippen LogP contribution in [0.2, 0.25) is 5.02 Å². The van der Waals surface area contributed by atoms with Crippen molar-refractivity contribution in [1.29, 1.82) is 0 Å². The van der Waals surface area contributed by atoms with Crippen LogP contribution < -0.4 is 20.1 Å². The molecule has 1 fully saturated rings. The molecule has 2 aliphatic rings. The van der Waals surface area contributed by atoms with Gasteiger partial charge in [0.15, 0.2) is 11.5 Å². The molecule has 132 valence electrons. The minimum absolute atomic E-state index is 0.0989. The van der Waals surface area contributed by atoms with E-state index in [9.17, 15) is 0 Å². The average molecular weight is 363 g/mol. The molecule has 4 rings (SSSR count). The number of aromatic nitrogens is 2.